The maximum Gasteiger partial charge on any atom is 0.325 e. The number of rotatable bonds is 11. The van der Waals surface area contributed by atoms with Crippen molar-refractivity contribution in [3.63, 3.8) is 0 Å². The van der Waals surface area contributed by atoms with Crippen molar-refractivity contribution in [1.82, 2.24) is 20.7 Å². The minimum atomic E-state index is -1.76. The Bertz CT molecular complexity index is 1460. The highest BCUT2D eigenvalue weighted by Gasteiger charge is 2.36. The first-order valence-electron chi connectivity index (χ1n) is 15.0. The summed E-state index contributed by atoms with van der Waals surface area (Å²) in [6.45, 7) is 9.82. The predicted octanol–water partition coefficient (Wildman–Crippen LogP) is 4.81. The molecule has 1 aromatic heterocycles. The van der Waals surface area contributed by atoms with Crippen LogP contribution in [0.5, 0.6) is 0 Å². The second kappa shape index (κ2) is 15.8. The van der Waals surface area contributed by atoms with Gasteiger partial charge in [-0.05, 0) is 64.2 Å². The number of pyridine rings is 1. The van der Waals surface area contributed by atoms with Crippen molar-refractivity contribution in [2.75, 3.05) is 13.2 Å². The number of hydrogen-bond acceptors (Lipinski definition) is 9. The fourth-order valence-corrected chi connectivity index (χ4v) is 4.74. The van der Waals surface area contributed by atoms with Crippen molar-refractivity contribution in [3.05, 3.63) is 47.7 Å². The quantitative estimate of drug-likeness (QED) is 0.222. The first-order valence-corrected chi connectivity index (χ1v) is 16.1. The molecule has 14 heteroatoms. The number of amides is 2. The van der Waals surface area contributed by atoms with Gasteiger partial charge >= 0.3 is 11.9 Å². The van der Waals surface area contributed by atoms with E-state index in [9.17, 15) is 24.3 Å². The molecule has 2 amide bonds. The Morgan fingerprint density at radius 1 is 1.13 bits per heavy atom. The molecule has 0 radical (unpaired) electrons. The average Bonchev–Trinajstić information content (AvgIpc) is 2.99. The van der Waals surface area contributed by atoms with Gasteiger partial charge in [-0.2, -0.15) is 0 Å². The maximum absolute atomic E-state index is 13.3. The van der Waals surface area contributed by atoms with Gasteiger partial charge in [0, 0.05) is 11.9 Å². The van der Waals surface area contributed by atoms with Crippen LogP contribution in [0.25, 0.3) is 17.0 Å². The SMILES string of the molecule is CC(C)[C@H](OC(=O)C(C)(C)C=Cc1ccc2ccc([C@@H](C)O)nc2c1)C(=O)N[C@@H](C)C(=O)N1CCC[C@@H](C(=O)OCC(Cl)(Cl)Cl)N1. The van der Waals surface area contributed by atoms with Crippen molar-refractivity contribution in [2.24, 2.45) is 11.3 Å². The molecule has 1 aliphatic heterocycles. The summed E-state index contributed by atoms with van der Waals surface area (Å²) in [6.07, 6.45) is 2.50. The average molecular weight is 700 g/mol. The molecule has 1 saturated heterocycles. The number of nitrogens with zero attached hydrogens (tertiary/aromatic N) is 2. The maximum atomic E-state index is 13.3. The Labute approximate surface area is 283 Å². The Balaban J connectivity index is 1.62. The normalized spacial score (nSPS) is 17.9. The fourth-order valence-electron chi connectivity index (χ4n) is 4.58. The van der Waals surface area contributed by atoms with E-state index in [1.54, 1.807) is 52.8 Å². The number of benzene rings is 1. The highest BCUT2D eigenvalue weighted by Crippen LogP contribution is 2.27. The van der Waals surface area contributed by atoms with E-state index in [4.69, 9.17) is 44.3 Å². The number of hydrazine groups is 1. The number of aliphatic hydroxyl groups is 1. The minimum absolute atomic E-state index is 0.297. The molecule has 3 rings (SSSR count). The summed E-state index contributed by atoms with van der Waals surface area (Å²) in [4.78, 5) is 56.6. The second-order valence-electron chi connectivity index (χ2n) is 12.3. The fraction of sp³-hybridized carbons (Fsp3) is 0.531. The van der Waals surface area contributed by atoms with Crippen LogP contribution in [0.2, 0.25) is 0 Å². The van der Waals surface area contributed by atoms with Crippen molar-refractivity contribution in [2.45, 2.75) is 82.5 Å². The third-order valence-electron chi connectivity index (χ3n) is 7.33. The molecule has 252 valence electrons. The van der Waals surface area contributed by atoms with E-state index in [0.717, 1.165) is 10.9 Å². The van der Waals surface area contributed by atoms with Crippen LogP contribution in [0, 0.1) is 11.3 Å². The Morgan fingerprint density at radius 2 is 1.80 bits per heavy atom. The summed E-state index contributed by atoms with van der Waals surface area (Å²) in [5, 5.41) is 14.7. The predicted molar refractivity (Wildman–Crippen MR) is 177 cm³/mol. The van der Waals surface area contributed by atoms with Gasteiger partial charge in [0.05, 0.1) is 22.7 Å². The molecule has 4 atom stereocenters. The van der Waals surface area contributed by atoms with Crippen LogP contribution in [0.1, 0.15) is 71.7 Å². The second-order valence-corrected chi connectivity index (χ2v) is 14.8. The van der Waals surface area contributed by atoms with Crippen molar-refractivity contribution >= 4 is 75.5 Å². The van der Waals surface area contributed by atoms with Gasteiger partial charge in [-0.1, -0.05) is 79.0 Å². The van der Waals surface area contributed by atoms with Gasteiger partial charge in [0.1, 0.15) is 18.7 Å². The van der Waals surface area contributed by atoms with Gasteiger partial charge in [-0.25, -0.2) is 5.43 Å². The van der Waals surface area contributed by atoms with Crippen molar-refractivity contribution in [3.8, 4) is 0 Å². The van der Waals surface area contributed by atoms with E-state index in [2.05, 4.69) is 15.7 Å². The number of alkyl halides is 3. The summed E-state index contributed by atoms with van der Waals surface area (Å²) in [7, 11) is 0. The lowest BCUT2D eigenvalue weighted by Crippen LogP contribution is -2.60. The smallest absolute Gasteiger partial charge is 0.325 e. The zero-order valence-electron chi connectivity index (χ0n) is 26.7. The Kier molecular flexibility index (Phi) is 12.8. The number of carbonyl (C=O) groups excluding carboxylic acids is 4. The van der Waals surface area contributed by atoms with Crippen LogP contribution in [0.15, 0.2) is 36.4 Å². The van der Waals surface area contributed by atoms with Gasteiger partial charge in [-0.15, -0.1) is 0 Å². The molecule has 11 nitrogen and oxygen atoms in total. The lowest BCUT2D eigenvalue weighted by atomic mass is 9.92. The number of fused-ring (bicyclic) bond motifs is 1. The van der Waals surface area contributed by atoms with E-state index in [-0.39, 0.29) is 0 Å². The molecule has 46 heavy (non-hydrogen) atoms. The topological polar surface area (TPSA) is 147 Å². The highest BCUT2D eigenvalue weighted by molar-refractivity contribution is 6.67. The largest absolute Gasteiger partial charge is 0.460 e. The molecular weight excluding hydrogens is 659 g/mol. The molecule has 3 N–H and O–H groups in total. The summed E-state index contributed by atoms with van der Waals surface area (Å²) in [5.74, 6) is -2.82. The zero-order chi connectivity index (χ0) is 34.4. The molecule has 2 aromatic rings. The number of ether oxygens (including phenoxy) is 2. The van der Waals surface area contributed by atoms with E-state index >= 15 is 0 Å². The number of carbonyl (C=O) groups is 4. The summed E-state index contributed by atoms with van der Waals surface area (Å²) < 4.78 is 8.95. The van der Waals surface area contributed by atoms with E-state index in [0.29, 0.717) is 30.6 Å². The summed E-state index contributed by atoms with van der Waals surface area (Å²) >= 11 is 16.9. The van der Waals surface area contributed by atoms with E-state index in [1.165, 1.54) is 11.9 Å². The number of esters is 2. The monoisotopic (exact) mass is 698 g/mol. The van der Waals surface area contributed by atoms with Crippen LogP contribution in [-0.2, 0) is 28.7 Å². The van der Waals surface area contributed by atoms with Gasteiger partial charge in [0.2, 0.25) is 3.79 Å². The van der Waals surface area contributed by atoms with E-state index in [1.807, 2.05) is 24.3 Å². The summed E-state index contributed by atoms with van der Waals surface area (Å²) in [5.41, 5.74) is 3.77. The summed E-state index contributed by atoms with van der Waals surface area (Å²) in [6, 6.07) is 7.47. The Morgan fingerprint density at radius 3 is 2.43 bits per heavy atom. The van der Waals surface area contributed by atoms with Crippen molar-refractivity contribution in [1.29, 1.82) is 0 Å². The van der Waals surface area contributed by atoms with Crippen LogP contribution in [-0.4, -0.2) is 74.0 Å². The standard InChI is InChI=1S/C32H41Cl3N4O7/c1-18(2)26(27(41)36-19(3)28(42)39-15-7-8-24(38-39)29(43)45-17-32(33,34)35)46-30(44)31(5,6)14-13-21-9-10-22-11-12-23(20(4)40)37-25(22)16-21/h9-14,16,18-20,24,26,38,40H,7-8,15,17H2,1-6H3,(H,36,41)/t19-,20+,24-,26-/m0/s1. The highest BCUT2D eigenvalue weighted by atomic mass is 35.6. The molecule has 1 aliphatic rings. The number of aliphatic hydroxyl groups excluding tert-OH is 1. The number of halogens is 3. The number of aromatic nitrogens is 1. The van der Waals surface area contributed by atoms with Crippen LogP contribution in [0.4, 0.5) is 0 Å². The lowest BCUT2D eigenvalue weighted by Gasteiger charge is -2.34. The minimum Gasteiger partial charge on any atom is -0.460 e. The molecule has 0 aliphatic carbocycles. The van der Waals surface area contributed by atoms with Gasteiger partial charge in [0.15, 0.2) is 6.10 Å². The van der Waals surface area contributed by atoms with Gasteiger partial charge in [0.25, 0.3) is 11.8 Å². The third kappa shape index (κ3) is 10.5. The molecule has 0 saturated carbocycles. The Hall–Kier alpha value is -2.96. The van der Waals surface area contributed by atoms with Gasteiger partial charge < -0.3 is 19.9 Å². The van der Waals surface area contributed by atoms with Gasteiger partial charge in [-0.3, -0.25) is 29.2 Å². The number of hydrogen-bond donors (Lipinski definition) is 3. The zero-order valence-corrected chi connectivity index (χ0v) is 28.9. The van der Waals surface area contributed by atoms with Crippen LogP contribution >= 0.6 is 34.8 Å². The molecule has 2 heterocycles. The number of nitrogens with one attached hydrogen (secondary N) is 2. The van der Waals surface area contributed by atoms with Crippen LogP contribution < -0.4 is 10.7 Å². The molecule has 0 bridgehead atoms. The molecular formula is C32H41Cl3N4O7. The van der Waals surface area contributed by atoms with Crippen molar-refractivity contribution < 1.29 is 33.8 Å². The first-order chi connectivity index (χ1) is 21.4. The van der Waals surface area contributed by atoms with Crippen LogP contribution in [0.3, 0.4) is 0 Å². The molecule has 0 spiro atoms. The third-order valence-corrected chi connectivity index (χ3v) is 7.65. The van der Waals surface area contributed by atoms with E-state index < -0.39 is 69.8 Å². The first kappa shape index (κ1) is 37.5. The lowest BCUT2D eigenvalue weighted by molar-refractivity contribution is -0.165. The molecule has 1 fully saturated rings. The molecule has 1 aromatic carbocycles. The molecule has 0 unspecified atom stereocenters.